The topological polar surface area (TPSA) is 40.5 Å². The van der Waals surface area contributed by atoms with Crippen molar-refractivity contribution in [3.8, 4) is 0 Å². The third-order valence-electron chi connectivity index (χ3n) is 1.78. The Kier molecular flexibility index (Phi) is 3.64. The minimum atomic E-state index is -4.45. The van der Waals surface area contributed by atoms with E-state index in [2.05, 4.69) is 0 Å². The maximum Gasteiger partial charge on any atom is 0.422 e. The molecule has 1 aromatic rings. The van der Waals surface area contributed by atoms with Crippen LogP contribution in [0.5, 0.6) is 0 Å². The number of hydrogen-bond acceptors (Lipinski definition) is 1. The summed E-state index contributed by atoms with van der Waals surface area (Å²) in [7, 11) is 0. The fourth-order valence-corrected chi connectivity index (χ4v) is 1.21. The van der Waals surface area contributed by atoms with Gasteiger partial charge in [-0.2, -0.15) is 13.2 Å². The van der Waals surface area contributed by atoms with E-state index >= 15 is 0 Å². The second-order valence-corrected chi connectivity index (χ2v) is 3.41. The van der Waals surface area contributed by atoms with Crippen LogP contribution in [0.4, 0.5) is 18.0 Å². The van der Waals surface area contributed by atoms with Crippen molar-refractivity contribution in [2.24, 2.45) is 0 Å². The molecule has 0 heterocycles. The Labute approximate surface area is 94.2 Å². The summed E-state index contributed by atoms with van der Waals surface area (Å²) in [6, 6.07) is 4.33. The molecule has 0 aromatic heterocycles. The predicted octanol–water partition coefficient (Wildman–Crippen LogP) is 3.34. The highest BCUT2D eigenvalue weighted by Crippen LogP contribution is 2.29. The van der Waals surface area contributed by atoms with Gasteiger partial charge in [-0.05, 0) is 17.7 Å². The Morgan fingerprint density at radius 1 is 1.44 bits per heavy atom. The first-order chi connectivity index (χ1) is 7.30. The molecule has 0 bridgehead atoms. The molecule has 0 fully saturated rings. The van der Waals surface area contributed by atoms with Crippen LogP contribution >= 0.6 is 11.8 Å². The first-order valence-corrected chi connectivity index (χ1v) is 4.47. The second kappa shape index (κ2) is 4.61. The summed E-state index contributed by atoms with van der Waals surface area (Å²) < 4.78 is 37.3. The number of alkyl halides is 3. The van der Waals surface area contributed by atoms with E-state index in [0.29, 0.717) is 4.42 Å². The van der Waals surface area contributed by atoms with Gasteiger partial charge < -0.3 is 5.11 Å². The SMILES string of the molecule is O=C(O)N(Cl)Cc1cccc(C(F)(F)F)c1. The van der Waals surface area contributed by atoms with Gasteiger partial charge in [0.25, 0.3) is 0 Å². The Balaban J connectivity index is 2.87. The minimum absolute atomic E-state index is 0.173. The summed E-state index contributed by atoms with van der Waals surface area (Å²) in [5, 5.41) is 8.44. The van der Waals surface area contributed by atoms with Crippen LogP contribution in [0, 0.1) is 0 Å². The molecule has 1 rings (SSSR count). The number of rotatable bonds is 2. The van der Waals surface area contributed by atoms with Gasteiger partial charge in [-0.3, -0.25) is 0 Å². The number of halogens is 4. The molecule has 88 valence electrons. The zero-order valence-corrected chi connectivity index (χ0v) is 8.59. The lowest BCUT2D eigenvalue weighted by Crippen LogP contribution is -2.18. The van der Waals surface area contributed by atoms with Gasteiger partial charge in [-0.25, -0.2) is 9.21 Å². The van der Waals surface area contributed by atoms with Crippen LogP contribution < -0.4 is 0 Å². The van der Waals surface area contributed by atoms with Gasteiger partial charge in [-0.1, -0.05) is 12.1 Å². The molecule has 3 nitrogen and oxygen atoms in total. The first-order valence-electron chi connectivity index (χ1n) is 4.13. The van der Waals surface area contributed by atoms with Crippen molar-refractivity contribution in [2.45, 2.75) is 12.7 Å². The maximum atomic E-state index is 12.3. The van der Waals surface area contributed by atoms with Gasteiger partial charge in [0.15, 0.2) is 0 Å². The van der Waals surface area contributed by atoms with Crippen molar-refractivity contribution in [3.05, 3.63) is 35.4 Å². The van der Waals surface area contributed by atoms with E-state index in [0.717, 1.165) is 12.1 Å². The highest BCUT2D eigenvalue weighted by molar-refractivity contribution is 6.19. The summed E-state index contributed by atoms with van der Waals surface area (Å²) >= 11 is 5.27. The molecule has 7 heteroatoms. The van der Waals surface area contributed by atoms with Crippen LogP contribution in [0.15, 0.2) is 24.3 Å². The standard InChI is InChI=1S/C9H7ClF3NO2/c10-14(8(15)16)5-6-2-1-3-7(4-6)9(11,12)13/h1-4H,5H2,(H,15,16). The van der Waals surface area contributed by atoms with Gasteiger partial charge in [0, 0.05) is 11.8 Å². The van der Waals surface area contributed by atoms with Crippen molar-refractivity contribution >= 4 is 17.9 Å². The average molecular weight is 254 g/mol. The van der Waals surface area contributed by atoms with Gasteiger partial charge in [0.05, 0.1) is 12.1 Å². The average Bonchev–Trinajstić information content (AvgIpc) is 2.16. The lowest BCUT2D eigenvalue weighted by molar-refractivity contribution is -0.137. The van der Waals surface area contributed by atoms with Crippen molar-refractivity contribution in [2.75, 3.05) is 0 Å². The van der Waals surface area contributed by atoms with E-state index in [1.165, 1.54) is 12.1 Å². The van der Waals surface area contributed by atoms with Crippen molar-refractivity contribution in [1.82, 2.24) is 4.42 Å². The van der Waals surface area contributed by atoms with E-state index < -0.39 is 17.8 Å². The van der Waals surface area contributed by atoms with Gasteiger partial charge >= 0.3 is 12.3 Å². The maximum absolute atomic E-state index is 12.3. The van der Waals surface area contributed by atoms with Gasteiger partial charge in [-0.15, -0.1) is 0 Å². The number of amides is 1. The van der Waals surface area contributed by atoms with Crippen molar-refractivity contribution in [1.29, 1.82) is 0 Å². The Bertz CT molecular complexity index is 395. The smallest absolute Gasteiger partial charge is 0.422 e. The van der Waals surface area contributed by atoms with E-state index in [-0.39, 0.29) is 12.1 Å². The molecular formula is C9H7ClF3NO2. The monoisotopic (exact) mass is 253 g/mol. The van der Waals surface area contributed by atoms with Gasteiger partial charge in [0.2, 0.25) is 0 Å². The summed E-state index contributed by atoms with van der Waals surface area (Å²) in [6.07, 6.45) is -5.87. The van der Waals surface area contributed by atoms with E-state index in [9.17, 15) is 18.0 Å². The summed E-state index contributed by atoms with van der Waals surface area (Å²) in [6.45, 7) is -0.305. The Hall–Kier alpha value is -1.43. The molecule has 1 amide bonds. The normalized spacial score (nSPS) is 11.2. The molecule has 0 saturated carbocycles. The lowest BCUT2D eigenvalue weighted by atomic mass is 10.1. The van der Waals surface area contributed by atoms with E-state index in [1.807, 2.05) is 0 Å². The van der Waals surface area contributed by atoms with Crippen molar-refractivity contribution in [3.63, 3.8) is 0 Å². The molecule has 0 spiro atoms. The summed E-state index contributed by atoms with van der Waals surface area (Å²) in [5.74, 6) is 0. The third kappa shape index (κ3) is 3.30. The zero-order chi connectivity index (χ0) is 12.3. The predicted molar refractivity (Wildman–Crippen MR) is 50.9 cm³/mol. The summed E-state index contributed by atoms with van der Waals surface area (Å²) in [5.41, 5.74) is -0.660. The number of carbonyl (C=O) groups is 1. The number of hydrogen-bond donors (Lipinski definition) is 1. The molecule has 0 atom stereocenters. The molecule has 1 aromatic carbocycles. The molecule has 0 radical (unpaired) electrons. The van der Waals surface area contributed by atoms with Gasteiger partial charge in [0.1, 0.15) is 0 Å². The molecule has 0 aliphatic heterocycles. The second-order valence-electron chi connectivity index (χ2n) is 3.00. The summed E-state index contributed by atoms with van der Waals surface area (Å²) in [4.78, 5) is 10.4. The van der Waals surface area contributed by atoms with E-state index in [4.69, 9.17) is 16.9 Å². The van der Waals surface area contributed by atoms with E-state index in [1.54, 1.807) is 0 Å². The quantitative estimate of drug-likeness (QED) is 0.821. The molecule has 0 saturated heterocycles. The molecule has 1 N–H and O–H groups in total. The molecule has 0 aliphatic carbocycles. The van der Waals surface area contributed by atoms with Crippen LogP contribution in [0.1, 0.15) is 11.1 Å². The van der Waals surface area contributed by atoms with Crippen LogP contribution in [0.3, 0.4) is 0 Å². The number of carboxylic acid groups (broad SMARTS) is 1. The first kappa shape index (κ1) is 12.6. The molecule has 16 heavy (non-hydrogen) atoms. The lowest BCUT2D eigenvalue weighted by Gasteiger charge is -2.11. The van der Waals surface area contributed by atoms with Crippen LogP contribution in [0.2, 0.25) is 0 Å². The fourth-order valence-electron chi connectivity index (χ4n) is 1.07. The number of benzene rings is 1. The number of nitrogens with zero attached hydrogens (tertiary/aromatic N) is 1. The van der Waals surface area contributed by atoms with Crippen LogP contribution in [-0.4, -0.2) is 15.6 Å². The highest BCUT2D eigenvalue weighted by atomic mass is 35.5. The zero-order valence-electron chi connectivity index (χ0n) is 7.83. The van der Waals surface area contributed by atoms with Crippen LogP contribution in [0.25, 0.3) is 0 Å². The van der Waals surface area contributed by atoms with Crippen LogP contribution in [-0.2, 0) is 12.7 Å². The Morgan fingerprint density at radius 3 is 2.56 bits per heavy atom. The molecule has 0 unspecified atom stereocenters. The Morgan fingerprint density at radius 2 is 2.06 bits per heavy atom. The fraction of sp³-hybridized carbons (Fsp3) is 0.222. The minimum Gasteiger partial charge on any atom is -0.464 e. The third-order valence-corrected chi connectivity index (χ3v) is 2.05. The largest absolute Gasteiger partial charge is 0.464 e. The molecule has 0 aliphatic rings. The van der Waals surface area contributed by atoms with Crippen molar-refractivity contribution < 1.29 is 23.1 Å². The highest BCUT2D eigenvalue weighted by Gasteiger charge is 2.30. The molecular weight excluding hydrogens is 247 g/mol.